The Morgan fingerprint density at radius 2 is 1.64 bits per heavy atom. The summed E-state index contributed by atoms with van der Waals surface area (Å²) >= 11 is 0. The number of methoxy groups -OCH3 is 1. The van der Waals surface area contributed by atoms with Gasteiger partial charge in [0, 0.05) is 59.4 Å². The number of hydrogen-bond donors (Lipinski definition) is 5. The van der Waals surface area contributed by atoms with E-state index in [9.17, 15) is 9.90 Å². The summed E-state index contributed by atoms with van der Waals surface area (Å²) in [4.78, 5) is 22.3. The van der Waals surface area contributed by atoms with E-state index in [4.69, 9.17) is 30.5 Å². The van der Waals surface area contributed by atoms with Crippen LogP contribution in [-0.4, -0.2) is 77.6 Å². The van der Waals surface area contributed by atoms with Crippen molar-refractivity contribution in [2.24, 2.45) is 0 Å². The van der Waals surface area contributed by atoms with E-state index in [1.807, 2.05) is 55.8 Å². The summed E-state index contributed by atoms with van der Waals surface area (Å²) in [7, 11) is 1.62. The van der Waals surface area contributed by atoms with E-state index >= 15 is 0 Å². The third-order valence-electron chi connectivity index (χ3n) is 8.41. The number of carbonyl (C=O) groups excluding carboxylic acids is 1. The van der Waals surface area contributed by atoms with Crippen molar-refractivity contribution in [1.82, 2.24) is 25.1 Å². The number of aromatic nitrogens is 4. The first-order valence-electron chi connectivity index (χ1n) is 18.4. The van der Waals surface area contributed by atoms with Crippen molar-refractivity contribution in [3.05, 3.63) is 89.7 Å². The summed E-state index contributed by atoms with van der Waals surface area (Å²) in [5, 5.41) is 29.4. The molecular formula is C42H52N8O6. The van der Waals surface area contributed by atoms with Crippen LogP contribution in [0.2, 0.25) is 0 Å². The minimum atomic E-state index is -0.994. The largest absolute Gasteiger partial charge is 0.438 e. The molecule has 0 aliphatic rings. The number of benzene rings is 3. The van der Waals surface area contributed by atoms with Gasteiger partial charge in [-0.2, -0.15) is 10.1 Å². The molecule has 0 saturated heterocycles. The molecule has 0 bridgehead atoms. The predicted octanol–water partition coefficient (Wildman–Crippen LogP) is 7.30. The minimum Gasteiger partial charge on any atom is -0.438 e. The van der Waals surface area contributed by atoms with E-state index in [1.165, 1.54) is 0 Å². The lowest BCUT2D eigenvalue weighted by atomic mass is 9.92. The molecule has 2 aromatic heterocycles. The molecule has 2 heterocycles. The molecule has 0 spiro atoms. The minimum absolute atomic E-state index is 0.189. The molecule has 5 N–H and O–H groups in total. The van der Waals surface area contributed by atoms with E-state index in [1.54, 1.807) is 49.7 Å². The van der Waals surface area contributed by atoms with Gasteiger partial charge in [-0.15, -0.1) is 6.42 Å². The molecule has 5 aromatic rings. The van der Waals surface area contributed by atoms with Gasteiger partial charge in [0.05, 0.1) is 50.0 Å². The van der Waals surface area contributed by atoms with E-state index in [2.05, 4.69) is 57.9 Å². The normalized spacial score (nSPS) is 12.3. The van der Waals surface area contributed by atoms with Crippen LogP contribution < -0.4 is 26.0 Å². The highest BCUT2D eigenvalue weighted by Crippen LogP contribution is 2.35. The van der Waals surface area contributed by atoms with Crippen molar-refractivity contribution in [1.29, 1.82) is 0 Å². The molecular weight excluding hydrogens is 713 g/mol. The van der Waals surface area contributed by atoms with Gasteiger partial charge in [-0.05, 0) is 56.7 Å². The van der Waals surface area contributed by atoms with Crippen LogP contribution in [0.5, 0.6) is 11.6 Å². The van der Waals surface area contributed by atoms with Gasteiger partial charge in [0.2, 0.25) is 11.8 Å². The Labute approximate surface area is 328 Å². The van der Waals surface area contributed by atoms with Crippen LogP contribution in [0.4, 0.5) is 27.9 Å². The van der Waals surface area contributed by atoms with Crippen LogP contribution in [0, 0.1) is 12.3 Å². The second-order valence-electron chi connectivity index (χ2n) is 15.0. The number of carbonyl (C=O) groups is 1. The average Bonchev–Trinajstić information content (AvgIpc) is 3.60. The molecule has 2 amide bonds. The SMILES string of the molecule is C#Cc1cc(Nc2nccc(Oc3ccc(NC(=O)Nc4cc(C(C)(C)C)nn4C(C)(C)C)c4ccccc34)n2)cc(C(O)NCCOCCOCCOC)c1. The third kappa shape index (κ3) is 11.5. The van der Waals surface area contributed by atoms with Gasteiger partial charge in [-0.3, -0.25) is 10.6 Å². The number of hydrogen-bond acceptors (Lipinski definition) is 11. The monoisotopic (exact) mass is 764 g/mol. The summed E-state index contributed by atoms with van der Waals surface area (Å²) < 4.78 is 24.0. The van der Waals surface area contributed by atoms with E-state index in [0.29, 0.717) is 73.6 Å². The van der Waals surface area contributed by atoms with Crippen LogP contribution in [0.3, 0.4) is 0 Å². The quantitative estimate of drug-likeness (QED) is 0.0367. The Balaban J connectivity index is 1.25. The molecule has 0 saturated carbocycles. The van der Waals surface area contributed by atoms with Gasteiger partial charge in [0.15, 0.2) is 0 Å². The smallest absolute Gasteiger partial charge is 0.324 e. The molecule has 1 unspecified atom stereocenters. The number of aliphatic hydroxyl groups excluding tert-OH is 1. The Morgan fingerprint density at radius 3 is 2.36 bits per heavy atom. The summed E-state index contributed by atoms with van der Waals surface area (Å²) in [5.41, 5.74) is 2.64. The molecule has 0 aliphatic carbocycles. The molecule has 5 rings (SSSR count). The first kappa shape index (κ1) is 41.6. The van der Waals surface area contributed by atoms with Crippen molar-refractivity contribution in [3.8, 4) is 24.0 Å². The number of amides is 2. The van der Waals surface area contributed by atoms with Gasteiger partial charge in [-0.25, -0.2) is 14.5 Å². The first-order valence-corrected chi connectivity index (χ1v) is 18.4. The molecule has 14 heteroatoms. The second kappa shape index (κ2) is 18.9. The lowest BCUT2D eigenvalue weighted by molar-refractivity contribution is 0.0225. The Bertz CT molecular complexity index is 2130. The topological polar surface area (TPSA) is 166 Å². The zero-order chi connectivity index (χ0) is 40.3. The van der Waals surface area contributed by atoms with Gasteiger partial charge in [0.25, 0.3) is 0 Å². The maximum Gasteiger partial charge on any atom is 0.324 e. The molecule has 296 valence electrons. The van der Waals surface area contributed by atoms with Crippen LogP contribution in [-0.2, 0) is 25.2 Å². The zero-order valence-corrected chi connectivity index (χ0v) is 33.1. The number of nitrogens with one attached hydrogen (secondary N) is 4. The van der Waals surface area contributed by atoms with Crippen molar-refractivity contribution in [2.75, 3.05) is 62.6 Å². The highest BCUT2D eigenvalue weighted by molar-refractivity contribution is 6.07. The zero-order valence-electron chi connectivity index (χ0n) is 33.1. The second-order valence-corrected chi connectivity index (χ2v) is 15.0. The van der Waals surface area contributed by atoms with E-state index in [0.717, 1.165) is 16.5 Å². The van der Waals surface area contributed by atoms with Crippen LogP contribution in [0.15, 0.2) is 72.9 Å². The Kier molecular flexibility index (Phi) is 14.0. The predicted molar refractivity (Wildman–Crippen MR) is 219 cm³/mol. The fraction of sp³-hybridized carbons (Fsp3) is 0.381. The Hall–Kier alpha value is -5.56. The molecule has 0 fully saturated rings. The molecule has 14 nitrogen and oxygen atoms in total. The lowest BCUT2D eigenvalue weighted by Crippen LogP contribution is -2.28. The van der Waals surface area contributed by atoms with Crippen molar-refractivity contribution < 1.29 is 28.8 Å². The highest BCUT2D eigenvalue weighted by atomic mass is 16.5. The number of anilines is 4. The van der Waals surface area contributed by atoms with Gasteiger partial charge in [-0.1, -0.05) is 51.0 Å². The maximum absolute atomic E-state index is 13.4. The molecule has 0 radical (unpaired) electrons. The molecule has 1 atom stereocenters. The maximum atomic E-state index is 13.4. The lowest BCUT2D eigenvalue weighted by Gasteiger charge is -2.23. The fourth-order valence-electron chi connectivity index (χ4n) is 5.60. The van der Waals surface area contributed by atoms with E-state index in [-0.39, 0.29) is 22.8 Å². The molecule has 0 aliphatic heterocycles. The summed E-state index contributed by atoms with van der Waals surface area (Å²) in [5.74, 6) is 4.31. The standard InChI is InChI=1S/C42H52N8O6/c1-9-28-24-29(38(51)43-18-19-54-22-23-55-21-20-53-8)26-30(25-28)45-39-44-17-16-37(48-39)56-34-15-14-33(31-12-10-11-13-32(31)34)46-40(52)47-36-27-35(41(2,3)4)49-50(36)42(5,6)7/h1,10-17,24-27,38,43,51H,18-23H2,2-8H3,(H,44,45,48)(H2,46,47,52). The van der Waals surface area contributed by atoms with E-state index < -0.39 is 12.3 Å². The van der Waals surface area contributed by atoms with Gasteiger partial charge in [0.1, 0.15) is 17.8 Å². The van der Waals surface area contributed by atoms with Crippen LogP contribution in [0.1, 0.15) is 64.6 Å². The average molecular weight is 765 g/mol. The molecule has 56 heavy (non-hydrogen) atoms. The number of aliphatic hydroxyl groups is 1. The number of urea groups is 1. The summed E-state index contributed by atoms with van der Waals surface area (Å²) in [6.07, 6.45) is 6.32. The van der Waals surface area contributed by atoms with Crippen LogP contribution >= 0.6 is 0 Å². The number of ether oxygens (including phenoxy) is 4. The van der Waals surface area contributed by atoms with Crippen molar-refractivity contribution in [3.63, 3.8) is 0 Å². The first-order chi connectivity index (χ1) is 26.7. The Morgan fingerprint density at radius 1 is 0.911 bits per heavy atom. The summed E-state index contributed by atoms with van der Waals surface area (Å²) in [6.45, 7) is 15.1. The van der Waals surface area contributed by atoms with Crippen molar-refractivity contribution >= 4 is 39.9 Å². The third-order valence-corrected chi connectivity index (χ3v) is 8.41. The summed E-state index contributed by atoms with van der Waals surface area (Å²) in [6, 6.07) is 19.6. The molecule has 3 aromatic carbocycles. The van der Waals surface area contributed by atoms with Crippen molar-refractivity contribution in [2.45, 2.75) is 58.7 Å². The number of fused-ring (bicyclic) bond motifs is 1. The van der Waals surface area contributed by atoms with Crippen LogP contribution in [0.25, 0.3) is 10.8 Å². The fourth-order valence-corrected chi connectivity index (χ4v) is 5.60. The number of rotatable bonds is 17. The number of terminal acetylenes is 1. The number of nitrogens with zero attached hydrogens (tertiary/aromatic N) is 4. The van der Waals surface area contributed by atoms with Gasteiger partial charge >= 0.3 is 6.03 Å². The van der Waals surface area contributed by atoms with Gasteiger partial charge < -0.3 is 34.7 Å². The highest BCUT2D eigenvalue weighted by Gasteiger charge is 2.26.